The Kier molecular flexibility index (Phi) is 5.56. The van der Waals surface area contributed by atoms with Crippen LogP contribution in [0.3, 0.4) is 0 Å². The van der Waals surface area contributed by atoms with E-state index in [-0.39, 0.29) is 11.3 Å². The SMILES string of the molecule is O=C(Nc1ccc(N2CCN(c3ccccc3)CC2)nc1)c1cccc([N+](=O)[O-])c1. The number of rotatable bonds is 5. The van der Waals surface area contributed by atoms with E-state index in [0.717, 1.165) is 32.0 Å². The number of benzene rings is 2. The number of aromatic nitrogens is 1. The van der Waals surface area contributed by atoms with Crippen molar-refractivity contribution in [1.82, 2.24) is 4.98 Å². The van der Waals surface area contributed by atoms with Gasteiger partial charge in [0, 0.05) is 49.6 Å². The predicted molar refractivity (Wildman–Crippen MR) is 116 cm³/mol. The van der Waals surface area contributed by atoms with Gasteiger partial charge in [-0.2, -0.15) is 0 Å². The summed E-state index contributed by atoms with van der Waals surface area (Å²) in [6.45, 7) is 3.55. The Hall–Kier alpha value is -3.94. The zero-order valence-corrected chi connectivity index (χ0v) is 16.3. The van der Waals surface area contributed by atoms with Crippen molar-refractivity contribution in [2.24, 2.45) is 0 Å². The zero-order chi connectivity index (χ0) is 20.9. The number of carbonyl (C=O) groups excluding carboxylic acids is 1. The van der Waals surface area contributed by atoms with Crippen LogP contribution in [0, 0.1) is 10.1 Å². The molecule has 1 amide bonds. The largest absolute Gasteiger partial charge is 0.368 e. The van der Waals surface area contributed by atoms with E-state index in [1.807, 2.05) is 24.3 Å². The molecule has 0 aliphatic carbocycles. The normalized spacial score (nSPS) is 13.7. The van der Waals surface area contributed by atoms with Gasteiger partial charge in [-0.3, -0.25) is 14.9 Å². The molecule has 0 unspecified atom stereocenters. The zero-order valence-electron chi connectivity index (χ0n) is 16.3. The second-order valence-electron chi connectivity index (χ2n) is 6.98. The molecule has 0 saturated carbocycles. The maximum Gasteiger partial charge on any atom is 0.270 e. The van der Waals surface area contributed by atoms with Crippen molar-refractivity contribution in [2.75, 3.05) is 41.3 Å². The minimum Gasteiger partial charge on any atom is -0.368 e. The minimum atomic E-state index is -0.523. The highest BCUT2D eigenvalue weighted by Gasteiger charge is 2.18. The summed E-state index contributed by atoms with van der Waals surface area (Å²) in [6, 6.07) is 19.6. The summed E-state index contributed by atoms with van der Waals surface area (Å²) in [5, 5.41) is 13.6. The molecule has 3 aromatic rings. The third-order valence-corrected chi connectivity index (χ3v) is 5.05. The van der Waals surface area contributed by atoms with Crippen molar-refractivity contribution >= 4 is 28.8 Å². The van der Waals surface area contributed by atoms with E-state index in [2.05, 4.69) is 32.2 Å². The van der Waals surface area contributed by atoms with Crippen LogP contribution in [0.2, 0.25) is 0 Å². The number of para-hydroxylation sites is 1. The minimum absolute atomic E-state index is 0.120. The van der Waals surface area contributed by atoms with Gasteiger partial charge in [-0.25, -0.2) is 4.98 Å². The highest BCUT2D eigenvalue weighted by molar-refractivity contribution is 6.04. The molecule has 2 aromatic carbocycles. The average molecular weight is 403 g/mol. The van der Waals surface area contributed by atoms with Crippen molar-refractivity contribution in [3.63, 3.8) is 0 Å². The summed E-state index contributed by atoms with van der Waals surface area (Å²) in [5.74, 6) is 0.445. The number of pyridine rings is 1. The van der Waals surface area contributed by atoms with Gasteiger partial charge in [-0.15, -0.1) is 0 Å². The molecule has 4 rings (SSSR count). The number of nitro benzene ring substituents is 1. The van der Waals surface area contributed by atoms with Crippen LogP contribution in [0.4, 0.5) is 22.9 Å². The first kappa shape index (κ1) is 19.4. The van der Waals surface area contributed by atoms with Crippen LogP contribution in [-0.2, 0) is 0 Å². The Morgan fingerprint density at radius 2 is 1.67 bits per heavy atom. The van der Waals surface area contributed by atoms with E-state index in [4.69, 9.17) is 0 Å². The molecule has 1 aliphatic heterocycles. The number of amides is 1. The molecule has 1 N–H and O–H groups in total. The molecule has 0 atom stereocenters. The summed E-state index contributed by atoms with van der Waals surface area (Å²) in [7, 11) is 0. The van der Waals surface area contributed by atoms with Crippen LogP contribution in [0.5, 0.6) is 0 Å². The third kappa shape index (κ3) is 4.38. The standard InChI is InChI=1S/C22H21N5O3/c28-22(17-5-4-8-20(15-17)27(29)30)24-18-9-10-21(23-16-18)26-13-11-25(12-14-26)19-6-2-1-3-7-19/h1-10,15-16H,11-14H2,(H,24,28). The lowest BCUT2D eigenvalue weighted by Gasteiger charge is -2.36. The summed E-state index contributed by atoms with van der Waals surface area (Å²) in [4.78, 5) is 31.8. The summed E-state index contributed by atoms with van der Waals surface area (Å²) >= 11 is 0. The van der Waals surface area contributed by atoms with E-state index in [0.29, 0.717) is 5.69 Å². The van der Waals surface area contributed by atoms with E-state index in [1.165, 1.54) is 30.0 Å². The van der Waals surface area contributed by atoms with Crippen molar-refractivity contribution in [2.45, 2.75) is 0 Å². The molecule has 8 heteroatoms. The molecule has 1 aliphatic rings. The van der Waals surface area contributed by atoms with Gasteiger partial charge in [-0.05, 0) is 30.3 Å². The highest BCUT2D eigenvalue weighted by atomic mass is 16.6. The number of anilines is 3. The predicted octanol–water partition coefficient (Wildman–Crippen LogP) is 3.57. The fourth-order valence-electron chi connectivity index (χ4n) is 3.44. The average Bonchev–Trinajstić information content (AvgIpc) is 2.80. The van der Waals surface area contributed by atoms with Gasteiger partial charge in [-0.1, -0.05) is 24.3 Å². The Bertz CT molecular complexity index is 1030. The van der Waals surface area contributed by atoms with Crippen LogP contribution in [0.25, 0.3) is 0 Å². The fourth-order valence-corrected chi connectivity index (χ4v) is 3.44. The Labute approximate surface area is 173 Å². The second kappa shape index (κ2) is 8.60. The molecule has 1 saturated heterocycles. The lowest BCUT2D eigenvalue weighted by atomic mass is 10.2. The lowest BCUT2D eigenvalue weighted by Crippen LogP contribution is -2.46. The highest BCUT2D eigenvalue weighted by Crippen LogP contribution is 2.20. The molecule has 8 nitrogen and oxygen atoms in total. The number of hydrogen-bond donors (Lipinski definition) is 1. The van der Waals surface area contributed by atoms with E-state index in [1.54, 1.807) is 12.3 Å². The van der Waals surface area contributed by atoms with Crippen LogP contribution < -0.4 is 15.1 Å². The summed E-state index contributed by atoms with van der Waals surface area (Å²) in [6.07, 6.45) is 1.61. The van der Waals surface area contributed by atoms with Gasteiger partial charge in [0.1, 0.15) is 5.82 Å². The number of hydrogen-bond acceptors (Lipinski definition) is 6. The fraction of sp³-hybridized carbons (Fsp3) is 0.182. The molecule has 0 radical (unpaired) electrons. The van der Waals surface area contributed by atoms with Crippen LogP contribution in [0.1, 0.15) is 10.4 Å². The molecular formula is C22H21N5O3. The second-order valence-corrected chi connectivity index (χ2v) is 6.98. The van der Waals surface area contributed by atoms with Gasteiger partial charge in [0.2, 0.25) is 0 Å². The molecular weight excluding hydrogens is 382 g/mol. The Morgan fingerprint density at radius 1 is 0.933 bits per heavy atom. The van der Waals surface area contributed by atoms with Crippen molar-refractivity contribution in [3.8, 4) is 0 Å². The van der Waals surface area contributed by atoms with E-state index in [9.17, 15) is 14.9 Å². The van der Waals surface area contributed by atoms with Gasteiger partial charge < -0.3 is 15.1 Å². The van der Waals surface area contributed by atoms with E-state index < -0.39 is 10.8 Å². The number of nitrogens with one attached hydrogen (secondary N) is 1. The van der Waals surface area contributed by atoms with Gasteiger partial charge in [0.15, 0.2) is 0 Å². The maximum absolute atomic E-state index is 12.4. The molecule has 152 valence electrons. The molecule has 0 spiro atoms. The molecule has 0 bridgehead atoms. The first-order chi connectivity index (χ1) is 14.6. The summed E-state index contributed by atoms with van der Waals surface area (Å²) in [5.41, 5.74) is 1.87. The van der Waals surface area contributed by atoms with Gasteiger partial charge in [0.05, 0.1) is 16.8 Å². The van der Waals surface area contributed by atoms with Crippen molar-refractivity contribution in [1.29, 1.82) is 0 Å². The maximum atomic E-state index is 12.4. The third-order valence-electron chi connectivity index (χ3n) is 5.05. The topological polar surface area (TPSA) is 91.6 Å². The first-order valence-corrected chi connectivity index (χ1v) is 9.67. The van der Waals surface area contributed by atoms with Crippen LogP contribution in [0.15, 0.2) is 72.9 Å². The number of piperazine rings is 1. The Balaban J connectivity index is 1.36. The molecule has 30 heavy (non-hydrogen) atoms. The number of nitro groups is 1. The molecule has 1 fully saturated rings. The number of carbonyl (C=O) groups is 1. The van der Waals surface area contributed by atoms with Gasteiger partial charge >= 0.3 is 0 Å². The van der Waals surface area contributed by atoms with Gasteiger partial charge in [0.25, 0.3) is 11.6 Å². The lowest BCUT2D eigenvalue weighted by molar-refractivity contribution is -0.384. The first-order valence-electron chi connectivity index (χ1n) is 9.67. The van der Waals surface area contributed by atoms with Crippen LogP contribution in [-0.4, -0.2) is 42.0 Å². The number of nitrogens with zero attached hydrogens (tertiary/aromatic N) is 4. The number of non-ortho nitro benzene ring substituents is 1. The van der Waals surface area contributed by atoms with Crippen LogP contribution >= 0.6 is 0 Å². The van der Waals surface area contributed by atoms with E-state index >= 15 is 0 Å². The van der Waals surface area contributed by atoms with Crippen molar-refractivity contribution in [3.05, 3.63) is 88.6 Å². The monoisotopic (exact) mass is 403 g/mol. The molecule has 2 heterocycles. The quantitative estimate of drug-likeness (QED) is 0.517. The smallest absolute Gasteiger partial charge is 0.270 e. The summed E-state index contributed by atoms with van der Waals surface area (Å²) < 4.78 is 0. The van der Waals surface area contributed by atoms with Crippen molar-refractivity contribution < 1.29 is 9.72 Å². The Morgan fingerprint density at radius 3 is 2.33 bits per heavy atom. The molecule has 1 aromatic heterocycles.